The van der Waals surface area contributed by atoms with Crippen LogP contribution in [0.2, 0.25) is 0 Å². The van der Waals surface area contributed by atoms with Crippen LogP contribution in [0.15, 0.2) is 65.7 Å². The van der Waals surface area contributed by atoms with E-state index in [2.05, 4.69) is 48.3 Å². The van der Waals surface area contributed by atoms with Gasteiger partial charge in [-0.25, -0.2) is 0 Å². The molecule has 0 atom stereocenters. The van der Waals surface area contributed by atoms with Crippen LogP contribution < -0.4 is 10.2 Å². The summed E-state index contributed by atoms with van der Waals surface area (Å²) >= 11 is 0.135. The average Bonchev–Trinajstić information content (AvgIpc) is 2.91. The maximum atomic E-state index is 6.38. The molecule has 3 nitrogen and oxygen atoms in total. The van der Waals surface area contributed by atoms with Crippen LogP contribution in [0.3, 0.4) is 0 Å². The topological polar surface area (TPSA) is 43.3 Å². The van der Waals surface area contributed by atoms with E-state index in [0.29, 0.717) is 0 Å². The molecule has 4 heteroatoms. The summed E-state index contributed by atoms with van der Waals surface area (Å²) in [6, 6.07) is 20.8. The van der Waals surface area contributed by atoms with E-state index in [1.807, 2.05) is 24.3 Å². The van der Waals surface area contributed by atoms with Gasteiger partial charge in [-0.2, -0.15) is 0 Å². The Hall–Kier alpha value is -2.03. The predicted molar refractivity (Wildman–Crippen MR) is 93.1 cm³/mol. The number of nitrogens with two attached hydrogens (primary N) is 1. The van der Waals surface area contributed by atoms with Crippen LogP contribution in [0, 0.1) is 0 Å². The molecule has 22 heavy (non-hydrogen) atoms. The van der Waals surface area contributed by atoms with E-state index in [-0.39, 0.29) is 14.5 Å². The average molecular weight is 356 g/mol. The molecule has 2 N–H and O–H groups in total. The molecule has 112 valence electrons. The molecule has 0 saturated heterocycles. The number of benzene rings is 2. The van der Waals surface area contributed by atoms with Gasteiger partial charge in [0.25, 0.3) is 0 Å². The van der Waals surface area contributed by atoms with Crippen molar-refractivity contribution < 1.29 is 0 Å². The summed E-state index contributed by atoms with van der Waals surface area (Å²) in [5.41, 5.74) is 3.47. The van der Waals surface area contributed by atoms with Gasteiger partial charge in [0.1, 0.15) is 0 Å². The normalized spacial score (nSPS) is 11.8. The van der Waals surface area contributed by atoms with Crippen LogP contribution >= 0.6 is 0 Å². The van der Waals surface area contributed by atoms with Crippen molar-refractivity contribution in [3.05, 3.63) is 65.0 Å². The van der Waals surface area contributed by atoms with E-state index in [1.165, 1.54) is 10.0 Å². The van der Waals surface area contributed by atoms with E-state index >= 15 is 0 Å². The zero-order valence-corrected chi connectivity index (χ0v) is 14.3. The third-order valence-electron chi connectivity index (χ3n) is 3.41. The van der Waals surface area contributed by atoms with Crippen molar-refractivity contribution in [3.63, 3.8) is 0 Å². The van der Waals surface area contributed by atoms with Gasteiger partial charge in [-0.3, -0.25) is 0 Å². The Morgan fingerprint density at radius 3 is 2.14 bits per heavy atom. The molecule has 0 bridgehead atoms. The van der Waals surface area contributed by atoms with E-state index in [9.17, 15) is 0 Å². The first-order valence-electron chi connectivity index (χ1n) is 7.43. The quantitative estimate of drug-likeness (QED) is 0.567. The molecule has 3 aromatic rings. The Morgan fingerprint density at radius 2 is 1.55 bits per heavy atom. The van der Waals surface area contributed by atoms with Gasteiger partial charge in [-0.05, 0) is 0 Å². The Kier molecular flexibility index (Phi) is 4.62. The number of rotatable bonds is 4. The van der Waals surface area contributed by atoms with Crippen LogP contribution in [0.1, 0.15) is 13.3 Å². The molecule has 0 aliphatic carbocycles. The fourth-order valence-electron chi connectivity index (χ4n) is 2.36. The first-order valence-corrected chi connectivity index (χ1v) is 9.15. The van der Waals surface area contributed by atoms with Crippen LogP contribution in [0.25, 0.3) is 21.3 Å². The first-order chi connectivity index (χ1) is 10.8. The van der Waals surface area contributed by atoms with Gasteiger partial charge < -0.3 is 0 Å². The van der Waals surface area contributed by atoms with E-state index < -0.39 is 0 Å². The Labute approximate surface area is 136 Å². The van der Waals surface area contributed by atoms with Crippen molar-refractivity contribution in [1.29, 1.82) is 0 Å². The van der Waals surface area contributed by atoms with Gasteiger partial charge >= 0.3 is 136 Å². The molecule has 0 aliphatic heterocycles. The van der Waals surface area contributed by atoms with E-state index in [4.69, 9.17) is 5.84 Å². The van der Waals surface area contributed by atoms with Gasteiger partial charge in [0, 0.05) is 0 Å². The second-order valence-corrected chi connectivity index (χ2v) is 7.10. The molecule has 0 radical (unpaired) electrons. The van der Waals surface area contributed by atoms with Crippen molar-refractivity contribution in [3.8, 4) is 21.3 Å². The summed E-state index contributed by atoms with van der Waals surface area (Å²) in [5, 5.41) is 0. The summed E-state index contributed by atoms with van der Waals surface area (Å²) in [4.78, 5) is 4.68. The monoisotopic (exact) mass is 357 g/mol. The Bertz CT molecular complexity index is 801. The Balaban J connectivity index is 2.24. The molecule has 0 unspecified atom stereocenters. The number of hydrogen-bond donors (Lipinski definition) is 1. The van der Waals surface area contributed by atoms with Crippen molar-refractivity contribution in [2.45, 2.75) is 13.3 Å². The molecular weight excluding hydrogens is 337 g/mol. The van der Waals surface area contributed by atoms with Crippen molar-refractivity contribution in [2.24, 2.45) is 4.99 Å². The molecule has 0 aliphatic rings. The van der Waals surface area contributed by atoms with E-state index in [1.54, 1.807) is 4.68 Å². The van der Waals surface area contributed by atoms with Crippen molar-refractivity contribution in [1.82, 2.24) is 4.68 Å². The molecule has 0 amide bonds. The summed E-state index contributed by atoms with van der Waals surface area (Å²) < 4.78 is 4.09. The summed E-state index contributed by atoms with van der Waals surface area (Å²) in [5.74, 6) is 6.38. The van der Waals surface area contributed by atoms with Gasteiger partial charge in [0.05, 0.1) is 0 Å². The molecule has 1 aromatic heterocycles. The summed E-state index contributed by atoms with van der Waals surface area (Å²) in [6.45, 7) is 2.96. The van der Waals surface area contributed by atoms with E-state index in [0.717, 1.165) is 28.6 Å². The van der Waals surface area contributed by atoms with Crippen molar-refractivity contribution in [2.75, 3.05) is 12.4 Å². The fraction of sp³-hybridized carbons (Fsp3) is 0.167. The van der Waals surface area contributed by atoms with Gasteiger partial charge in [0.15, 0.2) is 0 Å². The standard InChI is InChI=1S/C18H19N3Se/c1-2-13-20-18-21(19)16(14-9-5-3-6-10-14)17(22-18)15-11-7-4-8-12-15/h3-12H,2,13,19H2,1H3. The molecule has 3 rings (SSSR count). The molecule has 0 saturated carbocycles. The maximum absolute atomic E-state index is 6.38. The Morgan fingerprint density at radius 1 is 0.955 bits per heavy atom. The third-order valence-corrected chi connectivity index (χ3v) is 5.80. The molecule has 1 heterocycles. The summed E-state index contributed by atoms with van der Waals surface area (Å²) in [6.07, 6.45) is 1.04. The minimum atomic E-state index is 0.135. The van der Waals surface area contributed by atoms with Crippen LogP contribution in [-0.4, -0.2) is 25.7 Å². The number of hydrogen-bond acceptors (Lipinski definition) is 2. The molecule has 0 spiro atoms. The fourth-order valence-corrected chi connectivity index (χ4v) is 4.66. The minimum absolute atomic E-state index is 0.135. The number of nitrogens with zero attached hydrogens (tertiary/aromatic N) is 2. The molecule has 0 fully saturated rings. The van der Waals surface area contributed by atoms with Crippen molar-refractivity contribution >= 4 is 14.5 Å². The van der Waals surface area contributed by atoms with Gasteiger partial charge in [0.2, 0.25) is 0 Å². The number of aromatic nitrogens is 1. The van der Waals surface area contributed by atoms with Crippen LogP contribution in [0.4, 0.5) is 0 Å². The molecule has 2 aromatic carbocycles. The number of nitrogen functional groups attached to an aromatic ring is 1. The van der Waals surface area contributed by atoms with Gasteiger partial charge in [-0.1, -0.05) is 0 Å². The summed E-state index contributed by atoms with van der Waals surface area (Å²) in [7, 11) is 0. The van der Waals surface area contributed by atoms with Gasteiger partial charge in [-0.15, -0.1) is 0 Å². The second kappa shape index (κ2) is 6.82. The predicted octanol–water partition coefficient (Wildman–Crippen LogP) is 2.90. The first kappa shape index (κ1) is 14.9. The van der Waals surface area contributed by atoms with Crippen LogP contribution in [0.5, 0.6) is 0 Å². The second-order valence-electron chi connectivity index (χ2n) is 5.05. The van der Waals surface area contributed by atoms with Crippen LogP contribution in [-0.2, 0) is 0 Å². The zero-order chi connectivity index (χ0) is 15.4. The molecular formula is C18H19N3Se. The third kappa shape index (κ3) is 2.94. The SMILES string of the molecule is CCCN=c1[se]c(-c2ccccc2)c(-c2ccccc2)n1N. The zero-order valence-electron chi connectivity index (χ0n) is 12.6.